The summed E-state index contributed by atoms with van der Waals surface area (Å²) in [4.78, 5) is 11.5. The molecular formula is C14H20ClN3O. The molecule has 0 radical (unpaired) electrons. The number of aromatic amines is 1. The fourth-order valence-corrected chi connectivity index (χ4v) is 4.45. The quantitative estimate of drug-likeness (QED) is 0.876. The number of halogens is 1. The molecule has 1 aromatic heterocycles. The Balaban J connectivity index is 1.95. The molecule has 0 aromatic carbocycles. The molecule has 4 nitrogen and oxygen atoms in total. The molecule has 2 aliphatic rings. The lowest BCUT2D eigenvalue weighted by molar-refractivity contribution is 0.155. The smallest absolute Gasteiger partial charge is 0.285 e. The highest BCUT2D eigenvalue weighted by Crippen LogP contribution is 2.63. The van der Waals surface area contributed by atoms with E-state index < -0.39 is 0 Å². The molecule has 2 fully saturated rings. The first-order valence-electron chi connectivity index (χ1n) is 6.84. The summed E-state index contributed by atoms with van der Waals surface area (Å²) in [5.41, 5.74) is 0.828. The molecule has 0 saturated heterocycles. The van der Waals surface area contributed by atoms with Crippen molar-refractivity contribution in [3.63, 3.8) is 0 Å². The molecule has 2 aliphatic carbocycles. The van der Waals surface area contributed by atoms with E-state index in [0.717, 1.165) is 5.92 Å². The van der Waals surface area contributed by atoms with Crippen molar-refractivity contribution in [2.75, 3.05) is 5.32 Å². The van der Waals surface area contributed by atoms with E-state index in [2.05, 4.69) is 36.3 Å². The number of hydrogen-bond acceptors (Lipinski definition) is 3. The molecule has 0 amide bonds. The molecule has 5 heteroatoms. The molecule has 3 unspecified atom stereocenters. The molecule has 0 spiro atoms. The van der Waals surface area contributed by atoms with Crippen LogP contribution in [-0.4, -0.2) is 16.2 Å². The number of hydrogen-bond donors (Lipinski definition) is 2. The third kappa shape index (κ3) is 1.80. The van der Waals surface area contributed by atoms with E-state index in [0.29, 0.717) is 17.1 Å². The SMILES string of the molecule is CC12CCC(C1)C(C)(C)C2Nc1cn[nH]c(=O)c1Cl. The molecule has 2 N–H and O–H groups in total. The van der Waals surface area contributed by atoms with Crippen LogP contribution in [0, 0.1) is 16.7 Å². The maximum Gasteiger partial charge on any atom is 0.285 e. The second-order valence-electron chi connectivity index (χ2n) is 6.92. The second-order valence-corrected chi connectivity index (χ2v) is 7.30. The third-order valence-electron chi connectivity index (χ3n) is 5.37. The Morgan fingerprint density at radius 1 is 1.47 bits per heavy atom. The van der Waals surface area contributed by atoms with Crippen LogP contribution in [0.15, 0.2) is 11.0 Å². The number of rotatable bonds is 2. The standard InChI is InChI=1S/C14H20ClN3O/c1-13(2)8-4-5-14(3,6-8)12(13)17-9-7-16-18-11(19)10(9)15/h7-8,12H,4-6H2,1-3H3,(H2,17,18,19). The number of anilines is 1. The van der Waals surface area contributed by atoms with Crippen LogP contribution >= 0.6 is 11.6 Å². The molecule has 2 saturated carbocycles. The summed E-state index contributed by atoms with van der Waals surface area (Å²) < 4.78 is 0. The van der Waals surface area contributed by atoms with E-state index in [1.54, 1.807) is 6.20 Å². The van der Waals surface area contributed by atoms with E-state index in [-0.39, 0.29) is 16.0 Å². The van der Waals surface area contributed by atoms with E-state index in [9.17, 15) is 4.79 Å². The Bertz CT molecular complexity index is 563. The Kier molecular flexibility index (Phi) is 2.72. The van der Waals surface area contributed by atoms with Crippen molar-refractivity contribution in [3.8, 4) is 0 Å². The molecule has 0 aliphatic heterocycles. The van der Waals surface area contributed by atoms with Gasteiger partial charge in [-0.25, -0.2) is 5.10 Å². The molecule has 3 rings (SSSR count). The zero-order valence-electron chi connectivity index (χ0n) is 11.6. The Labute approximate surface area is 117 Å². The van der Waals surface area contributed by atoms with Crippen molar-refractivity contribution in [3.05, 3.63) is 21.6 Å². The van der Waals surface area contributed by atoms with Gasteiger partial charge in [0.15, 0.2) is 0 Å². The highest BCUT2D eigenvalue weighted by molar-refractivity contribution is 6.32. The first kappa shape index (κ1) is 13.0. The maximum atomic E-state index is 11.5. The van der Waals surface area contributed by atoms with Gasteiger partial charge in [0.2, 0.25) is 0 Å². The molecule has 19 heavy (non-hydrogen) atoms. The number of aromatic nitrogens is 2. The van der Waals surface area contributed by atoms with Gasteiger partial charge in [-0.2, -0.15) is 5.10 Å². The van der Waals surface area contributed by atoms with Gasteiger partial charge in [0.25, 0.3) is 5.56 Å². The van der Waals surface area contributed by atoms with E-state index in [1.807, 2.05) is 0 Å². The van der Waals surface area contributed by atoms with Crippen molar-refractivity contribution < 1.29 is 0 Å². The zero-order valence-corrected chi connectivity index (χ0v) is 12.3. The van der Waals surface area contributed by atoms with Crippen molar-refractivity contribution in [1.29, 1.82) is 0 Å². The molecular weight excluding hydrogens is 262 g/mol. The summed E-state index contributed by atoms with van der Waals surface area (Å²) in [6, 6.07) is 0.333. The van der Waals surface area contributed by atoms with Crippen LogP contribution in [0.5, 0.6) is 0 Å². The summed E-state index contributed by atoms with van der Waals surface area (Å²) in [5.74, 6) is 0.753. The fourth-order valence-electron chi connectivity index (χ4n) is 4.30. The summed E-state index contributed by atoms with van der Waals surface area (Å²) >= 11 is 6.07. The Hall–Kier alpha value is -1.03. The zero-order chi connectivity index (χ0) is 13.8. The summed E-state index contributed by atoms with van der Waals surface area (Å²) in [5, 5.41) is 9.89. The summed E-state index contributed by atoms with van der Waals surface area (Å²) in [7, 11) is 0. The van der Waals surface area contributed by atoms with Crippen molar-refractivity contribution in [1.82, 2.24) is 10.2 Å². The highest BCUT2D eigenvalue weighted by atomic mass is 35.5. The lowest BCUT2D eigenvalue weighted by Crippen LogP contribution is -2.46. The second kappa shape index (κ2) is 3.98. The maximum absolute atomic E-state index is 11.5. The van der Waals surface area contributed by atoms with E-state index in [1.165, 1.54) is 19.3 Å². The van der Waals surface area contributed by atoms with Gasteiger partial charge >= 0.3 is 0 Å². The summed E-state index contributed by atoms with van der Waals surface area (Å²) in [6.07, 6.45) is 5.41. The van der Waals surface area contributed by atoms with Crippen molar-refractivity contribution >= 4 is 17.3 Å². The molecule has 1 aromatic rings. The van der Waals surface area contributed by atoms with Crippen LogP contribution in [0.25, 0.3) is 0 Å². The lowest BCUT2D eigenvalue weighted by Gasteiger charge is -2.43. The molecule has 104 valence electrons. The van der Waals surface area contributed by atoms with Gasteiger partial charge in [-0.1, -0.05) is 32.4 Å². The molecule has 2 bridgehead atoms. The van der Waals surface area contributed by atoms with Crippen LogP contribution in [-0.2, 0) is 0 Å². The van der Waals surface area contributed by atoms with Crippen molar-refractivity contribution in [2.24, 2.45) is 16.7 Å². The van der Waals surface area contributed by atoms with Gasteiger partial charge in [-0.15, -0.1) is 0 Å². The van der Waals surface area contributed by atoms with E-state index in [4.69, 9.17) is 11.6 Å². The van der Waals surface area contributed by atoms with Gasteiger partial charge in [-0.3, -0.25) is 4.79 Å². The predicted molar refractivity (Wildman–Crippen MR) is 76.5 cm³/mol. The Morgan fingerprint density at radius 2 is 2.21 bits per heavy atom. The van der Waals surface area contributed by atoms with Crippen LogP contribution < -0.4 is 10.9 Å². The number of nitrogens with one attached hydrogen (secondary N) is 2. The number of H-pyrrole nitrogens is 1. The largest absolute Gasteiger partial charge is 0.379 e. The minimum Gasteiger partial charge on any atom is -0.379 e. The molecule has 1 heterocycles. The van der Waals surface area contributed by atoms with Crippen LogP contribution in [0.2, 0.25) is 5.02 Å². The van der Waals surface area contributed by atoms with Crippen molar-refractivity contribution in [2.45, 2.75) is 46.1 Å². The average Bonchev–Trinajstić information content (AvgIpc) is 2.81. The minimum absolute atomic E-state index is 0.206. The van der Waals surface area contributed by atoms with Gasteiger partial charge in [0.05, 0.1) is 11.9 Å². The first-order chi connectivity index (χ1) is 8.84. The van der Waals surface area contributed by atoms with Crippen LogP contribution in [0.4, 0.5) is 5.69 Å². The third-order valence-corrected chi connectivity index (χ3v) is 5.74. The predicted octanol–water partition coefficient (Wildman–Crippen LogP) is 3.05. The van der Waals surface area contributed by atoms with Gasteiger partial charge in [-0.05, 0) is 36.0 Å². The average molecular weight is 282 g/mol. The highest BCUT2D eigenvalue weighted by Gasteiger charge is 2.59. The normalized spacial score (nSPS) is 35.6. The Morgan fingerprint density at radius 3 is 2.84 bits per heavy atom. The van der Waals surface area contributed by atoms with Crippen LogP contribution in [0.1, 0.15) is 40.0 Å². The van der Waals surface area contributed by atoms with Gasteiger partial charge in [0, 0.05) is 6.04 Å². The monoisotopic (exact) mass is 281 g/mol. The van der Waals surface area contributed by atoms with Gasteiger partial charge in [0.1, 0.15) is 5.02 Å². The number of fused-ring (bicyclic) bond motifs is 2. The topological polar surface area (TPSA) is 57.8 Å². The minimum atomic E-state index is -0.335. The number of nitrogens with zero attached hydrogens (tertiary/aromatic N) is 1. The van der Waals surface area contributed by atoms with E-state index >= 15 is 0 Å². The summed E-state index contributed by atoms with van der Waals surface area (Å²) in [6.45, 7) is 6.97. The van der Waals surface area contributed by atoms with Crippen LogP contribution in [0.3, 0.4) is 0 Å². The lowest BCUT2D eigenvalue weighted by atomic mass is 9.68. The van der Waals surface area contributed by atoms with Gasteiger partial charge < -0.3 is 5.32 Å². The molecule has 3 atom stereocenters. The first-order valence-corrected chi connectivity index (χ1v) is 7.22. The fraction of sp³-hybridized carbons (Fsp3) is 0.714.